The van der Waals surface area contributed by atoms with Crippen molar-refractivity contribution in [1.29, 1.82) is 0 Å². The van der Waals surface area contributed by atoms with Crippen LogP contribution in [-0.4, -0.2) is 22.1 Å². The minimum Gasteiger partial charge on any atom is -0.423 e. The van der Waals surface area contributed by atoms with Crippen molar-refractivity contribution in [2.75, 3.05) is 0 Å². The predicted molar refractivity (Wildman–Crippen MR) is 55.6 cm³/mol. The summed E-state index contributed by atoms with van der Waals surface area (Å²) in [5.74, 6) is 0. The maximum absolute atomic E-state index is 10.5. The summed E-state index contributed by atoms with van der Waals surface area (Å²) in [5.41, 5.74) is -0.368. The number of nitro groups is 1. The van der Waals surface area contributed by atoms with Crippen molar-refractivity contribution in [3.63, 3.8) is 0 Å². The van der Waals surface area contributed by atoms with Gasteiger partial charge in [-0.1, -0.05) is 6.07 Å². The molecule has 0 heterocycles. The molecule has 0 atom stereocenters. The van der Waals surface area contributed by atoms with Crippen LogP contribution in [0.2, 0.25) is 0 Å². The first-order chi connectivity index (χ1) is 6.02. The van der Waals surface area contributed by atoms with E-state index in [4.69, 9.17) is 10.0 Å². The molecule has 0 radical (unpaired) electrons. The maximum atomic E-state index is 10.5. The summed E-state index contributed by atoms with van der Waals surface area (Å²) in [7, 11) is -1.81. The van der Waals surface area contributed by atoms with E-state index in [0.29, 0.717) is 3.57 Å². The van der Waals surface area contributed by atoms with Crippen molar-refractivity contribution >= 4 is 40.9 Å². The first-order valence-corrected chi connectivity index (χ1v) is 4.40. The van der Waals surface area contributed by atoms with Crippen molar-refractivity contribution in [1.82, 2.24) is 0 Å². The number of hydrogen-bond acceptors (Lipinski definition) is 4. The van der Waals surface area contributed by atoms with Crippen molar-refractivity contribution in [3.8, 4) is 0 Å². The van der Waals surface area contributed by atoms with E-state index in [0.717, 1.165) is 0 Å². The Bertz CT molecular complexity index is 343. The highest BCUT2D eigenvalue weighted by Gasteiger charge is 2.23. The quantitative estimate of drug-likeness (QED) is 0.344. The molecule has 0 aliphatic heterocycles. The summed E-state index contributed by atoms with van der Waals surface area (Å²) < 4.78 is 0.675. The third-order valence-electron chi connectivity index (χ3n) is 1.47. The Hall–Kier alpha value is -0.665. The molecule has 0 saturated heterocycles. The topological polar surface area (TPSA) is 83.6 Å². The third kappa shape index (κ3) is 2.39. The molecule has 0 bridgehead atoms. The highest BCUT2D eigenvalue weighted by atomic mass is 127. The van der Waals surface area contributed by atoms with Gasteiger partial charge >= 0.3 is 7.12 Å². The second-order valence-corrected chi connectivity index (χ2v) is 3.58. The smallest absolute Gasteiger partial charge is 0.423 e. The van der Waals surface area contributed by atoms with E-state index in [2.05, 4.69) is 0 Å². The summed E-state index contributed by atoms with van der Waals surface area (Å²) in [6.45, 7) is 0. The van der Waals surface area contributed by atoms with Crippen LogP contribution < -0.4 is 5.46 Å². The zero-order valence-electron chi connectivity index (χ0n) is 6.35. The van der Waals surface area contributed by atoms with Crippen LogP contribution in [-0.2, 0) is 0 Å². The number of hydrogen-bond donors (Lipinski definition) is 2. The first kappa shape index (κ1) is 10.4. The molecule has 0 fully saturated rings. The van der Waals surface area contributed by atoms with Gasteiger partial charge < -0.3 is 10.0 Å². The number of benzene rings is 1. The summed E-state index contributed by atoms with van der Waals surface area (Å²) in [5, 5.41) is 28.0. The molecule has 68 valence electrons. The largest absolute Gasteiger partial charge is 0.495 e. The summed E-state index contributed by atoms with van der Waals surface area (Å²) in [6, 6.07) is 4.18. The zero-order chi connectivity index (χ0) is 10.0. The Balaban J connectivity index is 3.27. The Morgan fingerprint density at radius 3 is 2.54 bits per heavy atom. The van der Waals surface area contributed by atoms with Gasteiger partial charge in [-0.05, 0) is 28.7 Å². The first-order valence-electron chi connectivity index (χ1n) is 3.32. The van der Waals surface area contributed by atoms with Crippen molar-refractivity contribution in [2.45, 2.75) is 0 Å². The zero-order valence-corrected chi connectivity index (χ0v) is 8.50. The van der Waals surface area contributed by atoms with Crippen LogP contribution in [0.4, 0.5) is 5.69 Å². The lowest BCUT2D eigenvalue weighted by atomic mass is 9.79. The average Bonchev–Trinajstić information content (AvgIpc) is 2.03. The summed E-state index contributed by atoms with van der Waals surface area (Å²) >= 11 is 1.91. The van der Waals surface area contributed by atoms with Crippen LogP contribution >= 0.6 is 22.6 Å². The van der Waals surface area contributed by atoms with E-state index >= 15 is 0 Å². The molecule has 1 aromatic rings. The number of rotatable bonds is 2. The van der Waals surface area contributed by atoms with Crippen LogP contribution in [0.1, 0.15) is 0 Å². The van der Waals surface area contributed by atoms with Gasteiger partial charge in [0.1, 0.15) is 0 Å². The van der Waals surface area contributed by atoms with Gasteiger partial charge in [0.15, 0.2) is 0 Å². The molecule has 0 saturated carbocycles. The van der Waals surface area contributed by atoms with Crippen LogP contribution in [0.25, 0.3) is 0 Å². The molecule has 0 unspecified atom stereocenters. The standard InChI is InChI=1S/C6H5BINO4/c8-4-1-2-5(7(10)11)6(3-4)9(12)13/h1-3,10-11H. The molecular formula is C6H5BINO4. The van der Waals surface area contributed by atoms with Crippen molar-refractivity contribution < 1.29 is 15.0 Å². The molecule has 0 spiro atoms. The summed E-state index contributed by atoms with van der Waals surface area (Å²) in [6.07, 6.45) is 0. The fraction of sp³-hybridized carbons (Fsp3) is 0. The minimum absolute atomic E-state index is 0.0922. The van der Waals surface area contributed by atoms with E-state index in [1.54, 1.807) is 6.07 Å². The van der Waals surface area contributed by atoms with Gasteiger partial charge in [0.05, 0.1) is 10.4 Å². The fourth-order valence-electron chi connectivity index (χ4n) is 0.893. The van der Waals surface area contributed by atoms with Gasteiger partial charge in [0.25, 0.3) is 5.69 Å². The van der Waals surface area contributed by atoms with Gasteiger partial charge in [-0.3, -0.25) is 10.1 Å². The minimum atomic E-state index is -1.81. The van der Waals surface area contributed by atoms with Crippen molar-refractivity contribution in [3.05, 3.63) is 31.9 Å². The monoisotopic (exact) mass is 293 g/mol. The Kier molecular flexibility index (Phi) is 3.23. The highest BCUT2D eigenvalue weighted by Crippen LogP contribution is 2.12. The Morgan fingerprint density at radius 2 is 2.08 bits per heavy atom. The summed E-state index contributed by atoms with van der Waals surface area (Å²) in [4.78, 5) is 9.82. The Morgan fingerprint density at radius 1 is 1.46 bits per heavy atom. The molecule has 0 aliphatic carbocycles. The lowest BCUT2D eigenvalue weighted by Gasteiger charge is -2.00. The van der Waals surface area contributed by atoms with E-state index in [1.807, 2.05) is 22.6 Å². The SMILES string of the molecule is O=[N+]([O-])c1cc(I)ccc1B(O)O. The van der Waals surface area contributed by atoms with Gasteiger partial charge in [0, 0.05) is 9.64 Å². The Labute approximate surface area is 87.8 Å². The van der Waals surface area contributed by atoms with Crippen molar-refractivity contribution in [2.24, 2.45) is 0 Å². The maximum Gasteiger partial charge on any atom is 0.495 e. The van der Waals surface area contributed by atoms with Crippen LogP contribution in [0.3, 0.4) is 0 Å². The molecule has 7 heteroatoms. The molecule has 1 aromatic carbocycles. The van der Waals surface area contributed by atoms with E-state index < -0.39 is 12.0 Å². The van der Waals surface area contributed by atoms with Gasteiger partial charge in [0.2, 0.25) is 0 Å². The van der Waals surface area contributed by atoms with Crippen LogP contribution in [0.5, 0.6) is 0 Å². The lowest BCUT2D eigenvalue weighted by Crippen LogP contribution is -2.31. The molecule has 13 heavy (non-hydrogen) atoms. The van der Waals surface area contributed by atoms with E-state index in [-0.39, 0.29) is 11.2 Å². The molecule has 1 rings (SSSR count). The van der Waals surface area contributed by atoms with E-state index in [9.17, 15) is 10.1 Å². The van der Waals surface area contributed by atoms with E-state index in [1.165, 1.54) is 12.1 Å². The molecule has 0 aromatic heterocycles. The van der Waals surface area contributed by atoms with Gasteiger partial charge in [-0.25, -0.2) is 0 Å². The lowest BCUT2D eigenvalue weighted by molar-refractivity contribution is -0.383. The molecule has 2 N–H and O–H groups in total. The second kappa shape index (κ2) is 4.03. The normalized spacial score (nSPS) is 9.77. The molecule has 5 nitrogen and oxygen atoms in total. The highest BCUT2D eigenvalue weighted by molar-refractivity contribution is 14.1. The molecular weight excluding hydrogens is 288 g/mol. The van der Waals surface area contributed by atoms with Crippen LogP contribution in [0.15, 0.2) is 18.2 Å². The number of nitro benzene ring substituents is 1. The average molecular weight is 293 g/mol. The van der Waals surface area contributed by atoms with Gasteiger partial charge in [-0.2, -0.15) is 0 Å². The van der Waals surface area contributed by atoms with Gasteiger partial charge in [-0.15, -0.1) is 0 Å². The third-order valence-corrected chi connectivity index (χ3v) is 2.14. The number of nitrogens with zero attached hydrogens (tertiary/aromatic N) is 1. The number of halogens is 1. The second-order valence-electron chi connectivity index (χ2n) is 2.33. The van der Waals surface area contributed by atoms with Crippen LogP contribution in [0, 0.1) is 13.7 Å². The fourth-order valence-corrected chi connectivity index (χ4v) is 1.37. The molecule has 0 aliphatic rings. The predicted octanol–water partition coefficient (Wildman–Crippen LogP) is -0.121. The molecule has 0 amide bonds.